The van der Waals surface area contributed by atoms with Crippen LogP contribution in [-0.4, -0.2) is 7.05 Å². The molecule has 0 saturated heterocycles. The number of nitrogens with one attached hydrogen (secondary N) is 1. The van der Waals surface area contributed by atoms with Gasteiger partial charge in [-0.3, -0.25) is 0 Å². The Labute approximate surface area is 114 Å². The SMILES string of the molecule is CNC(c1cccc(F)c1F)C1CCCCCCC1. The minimum absolute atomic E-state index is 0.0752. The first kappa shape index (κ1) is 14.4. The molecule has 19 heavy (non-hydrogen) atoms. The summed E-state index contributed by atoms with van der Waals surface area (Å²) in [6.45, 7) is 0. The molecule has 3 heteroatoms. The first-order valence-electron chi connectivity index (χ1n) is 7.35. The maximum Gasteiger partial charge on any atom is 0.163 e. The van der Waals surface area contributed by atoms with Gasteiger partial charge in [-0.1, -0.05) is 44.2 Å². The minimum atomic E-state index is -0.747. The van der Waals surface area contributed by atoms with E-state index in [9.17, 15) is 8.78 Å². The molecule has 0 aliphatic heterocycles. The average molecular weight is 267 g/mol. The van der Waals surface area contributed by atoms with Gasteiger partial charge in [-0.2, -0.15) is 0 Å². The van der Waals surface area contributed by atoms with Gasteiger partial charge in [0.2, 0.25) is 0 Å². The van der Waals surface area contributed by atoms with Gasteiger partial charge >= 0.3 is 0 Å². The van der Waals surface area contributed by atoms with Crippen molar-refractivity contribution in [1.82, 2.24) is 5.32 Å². The van der Waals surface area contributed by atoms with Gasteiger partial charge in [-0.25, -0.2) is 8.78 Å². The van der Waals surface area contributed by atoms with Crippen LogP contribution in [0.5, 0.6) is 0 Å². The van der Waals surface area contributed by atoms with Crippen LogP contribution in [0, 0.1) is 17.6 Å². The summed E-state index contributed by atoms with van der Waals surface area (Å²) in [5.74, 6) is -1.03. The van der Waals surface area contributed by atoms with E-state index in [0.29, 0.717) is 11.5 Å². The summed E-state index contributed by atoms with van der Waals surface area (Å²) in [7, 11) is 1.84. The molecule has 1 aliphatic carbocycles. The van der Waals surface area contributed by atoms with E-state index in [0.717, 1.165) is 12.8 Å². The van der Waals surface area contributed by atoms with Gasteiger partial charge in [0.15, 0.2) is 11.6 Å². The normalized spacial score (nSPS) is 19.7. The first-order chi connectivity index (χ1) is 9.24. The van der Waals surface area contributed by atoms with E-state index in [1.807, 2.05) is 7.05 Å². The average Bonchev–Trinajstić information content (AvgIpc) is 2.37. The van der Waals surface area contributed by atoms with Crippen LogP contribution < -0.4 is 5.32 Å². The minimum Gasteiger partial charge on any atom is -0.313 e. The number of benzene rings is 1. The zero-order valence-electron chi connectivity index (χ0n) is 11.6. The maximum absolute atomic E-state index is 14.0. The monoisotopic (exact) mass is 267 g/mol. The maximum atomic E-state index is 14.0. The molecule has 1 aromatic carbocycles. The summed E-state index contributed by atoms with van der Waals surface area (Å²) >= 11 is 0. The second-order valence-electron chi connectivity index (χ2n) is 5.51. The molecule has 0 amide bonds. The van der Waals surface area contributed by atoms with Crippen LogP contribution >= 0.6 is 0 Å². The van der Waals surface area contributed by atoms with Crippen molar-refractivity contribution in [3.05, 3.63) is 35.4 Å². The second kappa shape index (κ2) is 6.99. The Morgan fingerprint density at radius 3 is 2.32 bits per heavy atom. The standard InChI is InChI=1S/C16H23F2N/c1-19-16(12-8-5-3-2-4-6-9-12)13-10-7-11-14(17)15(13)18/h7,10-12,16,19H,2-6,8-9H2,1H3. The topological polar surface area (TPSA) is 12.0 Å². The lowest BCUT2D eigenvalue weighted by Gasteiger charge is -2.29. The smallest absolute Gasteiger partial charge is 0.163 e. The lowest BCUT2D eigenvalue weighted by atomic mass is 9.82. The first-order valence-corrected chi connectivity index (χ1v) is 7.35. The van der Waals surface area contributed by atoms with Crippen molar-refractivity contribution >= 4 is 0 Å². The zero-order valence-corrected chi connectivity index (χ0v) is 11.6. The molecule has 1 aromatic rings. The Kier molecular flexibility index (Phi) is 5.32. The van der Waals surface area contributed by atoms with E-state index >= 15 is 0 Å². The van der Waals surface area contributed by atoms with E-state index in [1.165, 1.54) is 38.2 Å². The molecule has 1 fully saturated rings. The van der Waals surface area contributed by atoms with E-state index < -0.39 is 11.6 Å². The highest BCUT2D eigenvalue weighted by Crippen LogP contribution is 2.34. The summed E-state index contributed by atoms with van der Waals surface area (Å²) < 4.78 is 27.3. The van der Waals surface area contributed by atoms with Crippen LogP contribution in [0.1, 0.15) is 56.6 Å². The summed E-state index contributed by atoms with van der Waals surface area (Å²) in [5.41, 5.74) is 0.480. The number of hydrogen-bond acceptors (Lipinski definition) is 1. The Bertz CT molecular complexity index is 398. The van der Waals surface area contributed by atoms with Crippen molar-refractivity contribution in [2.45, 2.75) is 51.0 Å². The van der Waals surface area contributed by atoms with E-state index in [1.54, 1.807) is 12.1 Å². The Morgan fingerprint density at radius 1 is 1.05 bits per heavy atom. The summed E-state index contributed by atoms with van der Waals surface area (Å²) in [6.07, 6.45) is 8.42. The van der Waals surface area contributed by atoms with Gasteiger partial charge in [0, 0.05) is 11.6 Å². The van der Waals surface area contributed by atoms with Crippen LogP contribution in [0.3, 0.4) is 0 Å². The van der Waals surface area contributed by atoms with Crippen molar-refractivity contribution < 1.29 is 8.78 Å². The zero-order chi connectivity index (χ0) is 13.7. The van der Waals surface area contributed by atoms with Crippen LogP contribution in [0.2, 0.25) is 0 Å². The predicted octanol–water partition coefficient (Wildman–Crippen LogP) is 4.59. The fourth-order valence-electron chi connectivity index (χ4n) is 3.23. The van der Waals surface area contributed by atoms with Crippen molar-refractivity contribution in [2.75, 3.05) is 7.05 Å². The van der Waals surface area contributed by atoms with Gasteiger partial charge < -0.3 is 5.32 Å². The number of rotatable bonds is 3. The molecule has 1 nitrogen and oxygen atoms in total. The van der Waals surface area contributed by atoms with Crippen molar-refractivity contribution in [3.63, 3.8) is 0 Å². The highest BCUT2D eigenvalue weighted by molar-refractivity contribution is 5.23. The van der Waals surface area contributed by atoms with E-state index in [-0.39, 0.29) is 6.04 Å². The Balaban J connectivity index is 2.19. The van der Waals surface area contributed by atoms with Crippen LogP contribution in [0.25, 0.3) is 0 Å². The summed E-state index contributed by atoms with van der Waals surface area (Å²) in [6, 6.07) is 4.41. The molecule has 1 N–H and O–H groups in total. The Morgan fingerprint density at radius 2 is 1.68 bits per heavy atom. The Hall–Kier alpha value is -0.960. The molecule has 1 saturated carbocycles. The van der Waals surface area contributed by atoms with Gasteiger partial charge in [-0.15, -0.1) is 0 Å². The molecule has 0 radical (unpaired) electrons. The van der Waals surface area contributed by atoms with E-state index in [2.05, 4.69) is 5.32 Å². The van der Waals surface area contributed by atoms with Gasteiger partial charge in [0.1, 0.15) is 0 Å². The second-order valence-corrected chi connectivity index (χ2v) is 5.51. The predicted molar refractivity (Wildman–Crippen MR) is 74.0 cm³/mol. The van der Waals surface area contributed by atoms with Gasteiger partial charge in [0.25, 0.3) is 0 Å². The third-order valence-corrected chi connectivity index (χ3v) is 4.25. The summed E-state index contributed by atoms with van der Waals surface area (Å²) in [5, 5.41) is 3.20. The molecule has 0 aromatic heterocycles. The van der Waals surface area contributed by atoms with Gasteiger partial charge in [0.05, 0.1) is 0 Å². The highest BCUT2D eigenvalue weighted by Gasteiger charge is 2.25. The van der Waals surface area contributed by atoms with Crippen LogP contribution in [0.15, 0.2) is 18.2 Å². The highest BCUT2D eigenvalue weighted by atomic mass is 19.2. The van der Waals surface area contributed by atoms with E-state index in [4.69, 9.17) is 0 Å². The molecular weight excluding hydrogens is 244 g/mol. The molecule has 0 heterocycles. The van der Waals surface area contributed by atoms with Crippen molar-refractivity contribution in [1.29, 1.82) is 0 Å². The van der Waals surface area contributed by atoms with Crippen molar-refractivity contribution in [3.8, 4) is 0 Å². The van der Waals surface area contributed by atoms with Gasteiger partial charge in [-0.05, 0) is 31.9 Å². The molecule has 1 unspecified atom stereocenters. The van der Waals surface area contributed by atoms with Crippen molar-refractivity contribution in [2.24, 2.45) is 5.92 Å². The quantitative estimate of drug-likeness (QED) is 0.845. The molecule has 2 rings (SSSR count). The van der Waals surface area contributed by atoms with Crippen LogP contribution in [-0.2, 0) is 0 Å². The number of halogens is 2. The largest absolute Gasteiger partial charge is 0.313 e. The summed E-state index contributed by atoms with van der Waals surface area (Å²) in [4.78, 5) is 0. The third kappa shape index (κ3) is 3.53. The number of hydrogen-bond donors (Lipinski definition) is 1. The molecule has 106 valence electrons. The lowest BCUT2D eigenvalue weighted by molar-refractivity contribution is 0.292. The molecule has 0 spiro atoms. The fourth-order valence-corrected chi connectivity index (χ4v) is 3.23. The molecule has 0 bridgehead atoms. The molecule has 1 aliphatic rings. The lowest BCUT2D eigenvalue weighted by Crippen LogP contribution is -2.27. The third-order valence-electron chi connectivity index (χ3n) is 4.25. The molecule has 1 atom stereocenters. The fraction of sp³-hybridized carbons (Fsp3) is 0.625. The molecular formula is C16H23F2N. The van der Waals surface area contributed by atoms with Crippen LogP contribution in [0.4, 0.5) is 8.78 Å².